The lowest BCUT2D eigenvalue weighted by Gasteiger charge is -2.47. The molecule has 27 heavy (non-hydrogen) atoms. The molecule has 0 unspecified atom stereocenters. The number of amides is 2. The average molecular weight is 395 g/mol. The van der Waals surface area contributed by atoms with Crippen LogP contribution >= 0.6 is 11.6 Å². The van der Waals surface area contributed by atoms with Crippen LogP contribution in [0.3, 0.4) is 0 Å². The van der Waals surface area contributed by atoms with E-state index < -0.39 is 0 Å². The summed E-state index contributed by atoms with van der Waals surface area (Å²) < 4.78 is 7.26. The van der Waals surface area contributed by atoms with Gasteiger partial charge in [-0.05, 0) is 37.5 Å². The number of hydrogen-bond donors (Lipinski definition) is 0. The summed E-state index contributed by atoms with van der Waals surface area (Å²) in [6, 6.07) is 0. The van der Waals surface area contributed by atoms with Crippen molar-refractivity contribution in [3.05, 3.63) is 16.9 Å². The fourth-order valence-electron chi connectivity index (χ4n) is 4.70. The summed E-state index contributed by atoms with van der Waals surface area (Å²) in [5.41, 5.74) is 0.575. The second-order valence-corrected chi connectivity index (χ2v) is 8.57. The van der Waals surface area contributed by atoms with E-state index in [1.54, 1.807) is 7.05 Å². The minimum atomic E-state index is -0.0575. The molecule has 1 spiro atoms. The van der Waals surface area contributed by atoms with E-state index in [2.05, 4.69) is 5.10 Å². The summed E-state index contributed by atoms with van der Waals surface area (Å²) in [5, 5.41) is 4.46. The highest BCUT2D eigenvalue weighted by Crippen LogP contribution is 2.41. The average Bonchev–Trinajstić information content (AvgIpc) is 3.28. The first-order valence-electron chi connectivity index (χ1n) is 9.84. The summed E-state index contributed by atoms with van der Waals surface area (Å²) in [6.07, 6.45) is 7.20. The Kier molecular flexibility index (Phi) is 5.16. The number of aromatic nitrogens is 2. The van der Waals surface area contributed by atoms with Gasteiger partial charge in [-0.25, -0.2) is 0 Å². The molecular formula is C19H27ClN4O3. The Hall–Kier alpha value is -1.60. The van der Waals surface area contributed by atoms with Crippen LogP contribution in [0.2, 0.25) is 5.02 Å². The van der Waals surface area contributed by atoms with E-state index in [1.165, 1.54) is 10.9 Å². The molecule has 7 nitrogen and oxygen atoms in total. The van der Waals surface area contributed by atoms with Crippen molar-refractivity contribution in [2.45, 2.75) is 44.6 Å². The molecule has 3 saturated heterocycles. The van der Waals surface area contributed by atoms with Crippen LogP contribution in [0.5, 0.6) is 0 Å². The summed E-state index contributed by atoms with van der Waals surface area (Å²) in [6.45, 7) is 3.71. The lowest BCUT2D eigenvalue weighted by molar-refractivity contribution is -0.141. The molecule has 3 aliphatic heterocycles. The minimum absolute atomic E-state index is 0.0575. The molecule has 1 aromatic rings. The van der Waals surface area contributed by atoms with Crippen molar-refractivity contribution in [1.82, 2.24) is 19.6 Å². The van der Waals surface area contributed by atoms with Crippen LogP contribution in [0, 0.1) is 5.41 Å². The predicted molar refractivity (Wildman–Crippen MR) is 101 cm³/mol. The molecular weight excluding hydrogens is 368 g/mol. The van der Waals surface area contributed by atoms with Gasteiger partial charge in [0, 0.05) is 46.3 Å². The number of carbonyl (C=O) groups is 2. The monoisotopic (exact) mass is 394 g/mol. The van der Waals surface area contributed by atoms with E-state index in [0.717, 1.165) is 45.3 Å². The SMILES string of the molecule is Cn1ncc(Cl)c1C(=O)N1CCC2(CCC(=O)N(C[C@H]3CCCO3)C2)CC1. The van der Waals surface area contributed by atoms with Crippen LogP contribution in [-0.2, 0) is 16.6 Å². The van der Waals surface area contributed by atoms with E-state index in [4.69, 9.17) is 16.3 Å². The maximum Gasteiger partial charge on any atom is 0.273 e. The Bertz CT molecular complexity index is 701. The number of carbonyl (C=O) groups excluding carboxylic acids is 2. The predicted octanol–water partition coefficient (Wildman–Crippen LogP) is 2.10. The molecule has 1 atom stereocenters. The number of nitrogens with zero attached hydrogens (tertiary/aromatic N) is 4. The topological polar surface area (TPSA) is 67.7 Å². The second-order valence-electron chi connectivity index (χ2n) is 8.17. The van der Waals surface area contributed by atoms with E-state index in [1.807, 2.05) is 9.80 Å². The first-order valence-corrected chi connectivity index (χ1v) is 10.2. The van der Waals surface area contributed by atoms with Crippen molar-refractivity contribution in [2.75, 3.05) is 32.8 Å². The number of aryl methyl sites for hydroxylation is 1. The molecule has 0 bridgehead atoms. The standard InChI is InChI=1S/C19H27ClN4O3/c1-22-17(15(20)11-21-22)18(26)23-8-6-19(7-9-23)5-4-16(25)24(13-19)12-14-3-2-10-27-14/h11,14H,2-10,12-13H2,1H3/t14-/m1/s1. The third kappa shape index (κ3) is 3.72. The minimum Gasteiger partial charge on any atom is -0.376 e. The number of piperidine rings is 2. The smallest absolute Gasteiger partial charge is 0.273 e. The first kappa shape index (κ1) is 18.7. The molecule has 3 aliphatic rings. The molecule has 4 rings (SSSR count). The highest BCUT2D eigenvalue weighted by atomic mass is 35.5. The molecule has 0 saturated carbocycles. The highest BCUT2D eigenvalue weighted by molar-refractivity contribution is 6.33. The number of hydrogen-bond acceptors (Lipinski definition) is 4. The van der Waals surface area contributed by atoms with Gasteiger partial charge in [-0.1, -0.05) is 11.6 Å². The van der Waals surface area contributed by atoms with Gasteiger partial charge in [0.2, 0.25) is 5.91 Å². The molecule has 3 fully saturated rings. The van der Waals surface area contributed by atoms with E-state index >= 15 is 0 Å². The van der Waals surface area contributed by atoms with E-state index in [0.29, 0.717) is 36.8 Å². The molecule has 1 aromatic heterocycles. The number of halogens is 1. The van der Waals surface area contributed by atoms with Crippen molar-refractivity contribution < 1.29 is 14.3 Å². The Morgan fingerprint density at radius 1 is 1.37 bits per heavy atom. The van der Waals surface area contributed by atoms with E-state index in [9.17, 15) is 9.59 Å². The molecule has 0 aromatic carbocycles. The summed E-state index contributed by atoms with van der Waals surface area (Å²) in [7, 11) is 1.74. The lowest BCUT2D eigenvalue weighted by atomic mass is 9.72. The second kappa shape index (κ2) is 7.43. The molecule has 4 heterocycles. The number of rotatable bonds is 3. The zero-order chi connectivity index (χ0) is 19.0. The van der Waals surface area contributed by atoms with E-state index in [-0.39, 0.29) is 23.3 Å². The van der Waals surface area contributed by atoms with Crippen molar-refractivity contribution in [1.29, 1.82) is 0 Å². The Balaban J connectivity index is 1.38. The van der Waals surface area contributed by atoms with Crippen LogP contribution in [0.25, 0.3) is 0 Å². The van der Waals surface area contributed by atoms with Gasteiger partial charge in [0.05, 0.1) is 17.3 Å². The van der Waals surface area contributed by atoms with Crippen molar-refractivity contribution in [2.24, 2.45) is 12.5 Å². The number of likely N-dealkylation sites (tertiary alicyclic amines) is 2. The molecule has 0 aliphatic carbocycles. The van der Waals surface area contributed by atoms with Crippen molar-refractivity contribution >= 4 is 23.4 Å². The Morgan fingerprint density at radius 2 is 2.15 bits per heavy atom. The van der Waals surface area contributed by atoms with Crippen molar-refractivity contribution in [3.8, 4) is 0 Å². The maximum absolute atomic E-state index is 12.8. The molecule has 148 valence electrons. The highest BCUT2D eigenvalue weighted by Gasteiger charge is 2.42. The fourth-order valence-corrected chi connectivity index (χ4v) is 4.94. The van der Waals surface area contributed by atoms with Gasteiger partial charge in [0.15, 0.2) is 0 Å². The van der Waals surface area contributed by atoms with Gasteiger partial charge in [-0.2, -0.15) is 5.10 Å². The van der Waals surface area contributed by atoms with Gasteiger partial charge in [-0.3, -0.25) is 14.3 Å². The Labute approximate surface area is 164 Å². The summed E-state index contributed by atoms with van der Waals surface area (Å²) in [4.78, 5) is 29.1. The lowest BCUT2D eigenvalue weighted by Crippen LogP contribution is -2.53. The van der Waals surface area contributed by atoms with Crippen LogP contribution in [0.4, 0.5) is 0 Å². The quantitative estimate of drug-likeness (QED) is 0.787. The van der Waals surface area contributed by atoms with Crippen molar-refractivity contribution in [3.63, 3.8) is 0 Å². The van der Waals surface area contributed by atoms with Crippen LogP contribution < -0.4 is 0 Å². The zero-order valence-corrected chi connectivity index (χ0v) is 16.6. The molecule has 0 N–H and O–H groups in total. The molecule has 2 amide bonds. The summed E-state index contributed by atoms with van der Waals surface area (Å²) in [5.74, 6) is 0.189. The molecule has 0 radical (unpaired) electrons. The third-order valence-corrected chi connectivity index (χ3v) is 6.68. The normalized spacial score (nSPS) is 25.4. The maximum atomic E-state index is 12.8. The van der Waals surface area contributed by atoms with Gasteiger partial charge in [-0.15, -0.1) is 0 Å². The first-order chi connectivity index (χ1) is 13.0. The fraction of sp³-hybridized carbons (Fsp3) is 0.737. The number of ether oxygens (including phenoxy) is 1. The van der Waals surface area contributed by atoms with Gasteiger partial charge >= 0.3 is 0 Å². The van der Waals surface area contributed by atoms with Crippen LogP contribution in [0.15, 0.2) is 6.20 Å². The van der Waals surface area contributed by atoms with Gasteiger partial charge in [0.1, 0.15) is 5.69 Å². The Morgan fingerprint density at radius 3 is 2.78 bits per heavy atom. The van der Waals surface area contributed by atoms with Crippen LogP contribution in [-0.4, -0.2) is 70.3 Å². The van der Waals surface area contributed by atoms with Gasteiger partial charge in [0.25, 0.3) is 5.91 Å². The zero-order valence-electron chi connectivity index (χ0n) is 15.8. The molecule has 8 heteroatoms. The third-order valence-electron chi connectivity index (χ3n) is 6.40. The summed E-state index contributed by atoms with van der Waals surface area (Å²) >= 11 is 6.13. The van der Waals surface area contributed by atoms with Gasteiger partial charge < -0.3 is 14.5 Å². The van der Waals surface area contributed by atoms with Crippen LogP contribution in [0.1, 0.15) is 49.0 Å². The largest absolute Gasteiger partial charge is 0.376 e.